The van der Waals surface area contributed by atoms with Gasteiger partial charge in [0.1, 0.15) is 10.9 Å². The summed E-state index contributed by atoms with van der Waals surface area (Å²) in [4.78, 5) is 11.0. The molecule has 0 aliphatic carbocycles. The summed E-state index contributed by atoms with van der Waals surface area (Å²) < 4.78 is -1.98. The predicted molar refractivity (Wildman–Crippen MR) is 79.8 cm³/mol. The number of hydrogen-bond donors (Lipinski definition) is 1. The van der Waals surface area contributed by atoms with Crippen molar-refractivity contribution in [1.82, 2.24) is 0 Å². The zero-order valence-electron chi connectivity index (χ0n) is 8.51. The Kier molecular flexibility index (Phi) is 6.07. The Morgan fingerprint density at radius 3 is 2.28 bits per heavy atom. The van der Waals surface area contributed by atoms with Gasteiger partial charge >= 0.3 is 0 Å². The first kappa shape index (κ1) is 16.8. The molecule has 1 N–H and O–H groups in total. The SMILES string of the molecule is O=C(c1ccc(Cl)cc1Cl)C(Br)C(O)C(Cl)(Cl)Cl. The smallest absolute Gasteiger partial charge is 0.217 e. The van der Waals surface area contributed by atoms with Gasteiger partial charge in [-0.2, -0.15) is 0 Å². The van der Waals surface area contributed by atoms with Crippen molar-refractivity contribution in [2.45, 2.75) is 14.7 Å². The minimum Gasteiger partial charge on any atom is -0.387 e. The minimum absolute atomic E-state index is 0.161. The summed E-state index contributed by atoms with van der Waals surface area (Å²) in [6, 6.07) is 4.35. The number of hydrogen-bond acceptors (Lipinski definition) is 2. The number of carbonyl (C=O) groups is 1. The van der Waals surface area contributed by atoms with E-state index in [1.54, 1.807) is 0 Å². The molecule has 0 spiro atoms. The van der Waals surface area contributed by atoms with Crippen LogP contribution in [0.25, 0.3) is 0 Å². The lowest BCUT2D eigenvalue weighted by atomic mass is 10.1. The molecule has 1 aromatic carbocycles. The van der Waals surface area contributed by atoms with Crippen molar-refractivity contribution in [3.8, 4) is 0 Å². The van der Waals surface area contributed by atoms with E-state index in [9.17, 15) is 9.90 Å². The molecule has 2 atom stereocenters. The van der Waals surface area contributed by atoms with Gasteiger partial charge in [0.05, 0.1) is 5.02 Å². The summed E-state index contributed by atoms with van der Waals surface area (Å²) in [7, 11) is 0. The van der Waals surface area contributed by atoms with Crippen LogP contribution in [-0.4, -0.2) is 25.6 Å². The molecular formula is C10H6BrCl5O2. The average Bonchev–Trinajstić information content (AvgIpc) is 2.25. The van der Waals surface area contributed by atoms with Gasteiger partial charge in [-0.25, -0.2) is 0 Å². The van der Waals surface area contributed by atoms with E-state index >= 15 is 0 Å². The van der Waals surface area contributed by atoms with Gasteiger partial charge in [-0.15, -0.1) is 0 Å². The molecule has 2 unspecified atom stereocenters. The van der Waals surface area contributed by atoms with Gasteiger partial charge < -0.3 is 5.11 Å². The summed E-state index contributed by atoms with van der Waals surface area (Å²) >= 11 is 31.1. The van der Waals surface area contributed by atoms with Crippen LogP contribution in [0.1, 0.15) is 10.4 Å². The van der Waals surface area contributed by atoms with Gasteiger partial charge in [-0.05, 0) is 18.2 Å². The van der Waals surface area contributed by atoms with Crippen LogP contribution in [0.4, 0.5) is 0 Å². The Labute approximate surface area is 137 Å². The van der Waals surface area contributed by atoms with Gasteiger partial charge in [0.25, 0.3) is 0 Å². The quantitative estimate of drug-likeness (QED) is 0.576. The molecule has 18 heavy (non-hydrogen) atoms. The molecule has 0 aliphatic heterocycles. The third kappa shape index (κ3) is 4.14. The number of ketones is 1. The number of rotatable bonds is 3. The molecule has 0 saturated heterocycles. The maximum atomic E-state index is 12.1. The molecule has 1 aromatic rings. The fraction of sp³-hybridized carbons (Fsp3) is 0.300. The zero-order chi connectivity index (χ0) is 14.1. The minimum atomic E-state index is -1.98. The number of carbonyl (C=O) groups excluding carboxylic acids is 1. The van der Waals surface area contributed by atoms with E-state index in [0.29, 0.717) is 5.02 Å². The Balaban J connectivity index is 3.00. The summed E-state index contributed by atoms with van der Waals surface area (Å²) in [5.74, 6) is -0.504. The molecule has 0 radical (unpaired) electrons. The van der Waals surface area contributed by atoms with E-state index in [-0.39, 0.29) is 10.6 Å². The molecule has 0 amide bonds. The third-order valence-corrected chi connectivity index (χ3v) is 4.19. The fourth-order valence-corrected chi connectivity index (χ4v) is 3.13. The summed E-state index contributed by atoms with van der Waals surface area (Å²) in [6.07, 6.45) is -1.51. The molecule has 2 nitrogen and oxygen atoms in total. The maximum Gasteiger partial charge on any atom is 0.217 e. The predicted octanol–water partition coefficient (Wildman–Crippen LogP) is 4.67. The highest BCUT2D eigenvalue weighted by Crippen LogP contribution is 2.35. The zero-order valence-corrected chi connectivity index (χ0v) is 13.9. The molecule has 0 bridgehead atoms. The van der Waals surface area contributed by atoms with Gasteiger partial charge in [0.2, 0.25) is 3.79 Å². The van der Waals surface area contributed by atoms with Crippen molar-refractivity contribution >= 4 is 79.7 Å². The normalized spacial score (nSPS) is 15.3. The van der Waals surface area contributed by atoms with E-state index < -0.39 is 20.5 Å². The van der Waals surface area contributed by atoms with Gasteiger partial charge in [0, 0.05) is 10.6 Å². The number of aliphatic hydroxyl groups excluding tert-OH is 1. The lowest BCUT2D eigenvalue weighted by Crippen LogP contribution is -2.38. The number of halogens is 6. The molecule has 1 rings (SSSR count). The first-order chi connectivity index (χ1) is 8.14. The van der Waals surface area contributed by atoms with E-state index in [2.05, 4.69) is 15.9 Å². The molecule has 0 heterocycles. The van der Waals surface area contributed by atoms with Crippen molar-refractivity contribution in [2.24, 2.45) is 0 Å². The van der Waals surface area contributed by atoms with E-state index in [1.165, 1.54) is 18.2 Å². The van der Waals surface area contributed by atoms with Crippen LogP contribution >= 0.6 is 73.9 Å². The molecule has 0 aliphatic rings. The molecule has 0 saturated carbocycles. The Bertz CT molecular complexity index is 460. The molecule has 0 fully saturated rings. The topological polar surface area (TPSA) is 37.3 Å². The summed E-state index contributed by atoms with van der Waals surface area (Å²) in [5, 5.41) is 10.3. The van der Waals surface area contributed by atoms with Crippen LogP contribution in [0.5, 0.6) is 0 Å². The van der Waals surface area contributed by atoms with E-state index in [1.807, 2.05) is 0 Å². The number of benzene rings is 1. The van der Waals surface area contributed by atoms with Crippen LogP contribution in [0, 0.1) is 0 Å². The first-order valence-electron chi connectivity index (χ1n) is 4.52. The highest BCUT2D eigenvalue weighted by Gasteiger charge is 2.40. The Hall–Kier alpha value is 0.780. The number of Topliss-reactive ketones (excluding diaryl/α,β-unsaturated/α-hetero) is 1. The van der Waals surface area contributed by atoms with Gasteiger partial charge in [-0.3, -0.25) is 4.79 Å². The number of aliphatic hydroxyl groups is 1. The van der Waals surface area contributed by atoms with Crippen molar-refractivity contribution in [1.29, 1.82) is 0 Å². The van der Waals surface area contributed by atoms with Crippen LogP contribution in [0.2, 0.25) is 10.0 Å². The standard InChI is InChI=1S/C10H6BrCl5O2/c11-7(9(18)10(14,15)16)8(17)5-2-1-4(12)3-6(5)13/h1-3,7,9,18H. The third-order valence-electron chi connectivity index (χ3n) is 2.06. The molecule has 0 aromatic heterocycles. The van der Waals surface area contributed by atoms with Crippen molar-refractivity contribution in [3.63, 3.8) is 0 Å². The van der Waals surface area contributed by atoms with Crippen LogP contribution < -0.4 is 0 Å². The fourth-order valence-electron chi connectivity index (χ4n) is 1.15. The monoisotopic (exact) mass is 412 g/mol. The number of alkyl halides is 4. The van der Waals surface area contributed by atoms with Crippen molar-refractivity contribution < 1.29 is 9.90 Å². The lowest BCUT2D eigenvalue weighted by molar-refractivity contribution is 0.0906. The van der Waals surface area contributed by atoms with Crippen molar-refractivity contribution in [2.75, 3.05) is 0 Å². The van der Waals surface area contributed by atoms with E-state index in [0.717, 1.165) is 0 Å². The Morgan fingerprint density at radius 1 is 1.28 bits per heavy atom. The largest absolute Gasteiger partial charge is 0.387 e. The first-order valence-corrected chi connectivity index (χ1v) is 7.33. The molecular weight excluding hydrogens is 409 g/mol. The van der Waals surface area contributed by atoms with Crippen LogP contribution in [0.3, 0.4) is 0 Å². The molecule has 100 valence electrons. The van der Waals surface area contributed by atoms with E-state index in [4.69, 9.17) is 58.0 Å². The summed E-state index contributed by atoms with van der Waals surface area (Å²) in [6.45, 7) is 0. The van der Waals surface area contributed by atoms with Crippen LogP contribution in [0.15, 0.2) is 18.2 Å². The second kappa shape index (κ2) is 6.49. The van der Waals surface area contributed by atoms with Gasteiger partial charge in [0.15, 0.2) is 5.78 Å². The highest BCUT2D eigenvalue weighted by atomic mass is 79.9. The lowest BCUT2D eigenvalue weighted by Gasteiger charge is -2.23. The Morgan fingerprint density at radius 2 is 1.83 bits per heavy atom. The van der Waals surface area contributed by atoms with Gasteiger partial charge in [-0.1, -0.05) is 73.9 Å². The molecule has 8 heteroatoms. The second-order valence-electron chi connectivity index (χ2n) is 3.38. The average molecular weight is 415 g/mol. The summed E-state index contributed by atoms with van der Waals surface area (Å²) in [5.41, 5.74) is 0.177. The highest BCUT2D eigenvalue weighted by molar-refractivity contribution is 9.10. The maximum absolute atomic E-state index is 12.1. The second-order valence-corrected chi connectivity index (χ2v) is 7.58. The van der Waals surface area contributed by atoms with Crippen molar-refractivity contribution in [3.05, 3.63) is 33.8 Å². The van der Waals surface area contributed by atoms with Crippen LogP contribution in [-0.2, 0) is 0 Å².